The summed E-state index contributed by atoms with van der Waals surface area (Å²) in [6.07, 6.45) is 2.15. The zero-order valence-corrected chi connectivity index (χ0v) is 33.0. The highest BCUT2D eigenvalue weighted by Gasteiger charge is 2.57. The second kappa shape index (κ2) is 16.9. The van der Waals surface area contributed by atoms with Crippen molar-refractivity contribution in [3.8, 4) is 16.9 Å². The second-order valence-electron chi connectivity index (χ2n) is 16.7. The fourth-order valence-corrected chi connectivity index (χ4v) is 9.56. The third-order valence-electron chi connectivity index (χ3n) is 12.8. The predicted molar refractivity (Wildman–Crippen MR) is 211 cm³/mol. The standard InChI is InChI=1S/C44H60N4O6/c1-27-36-22-44(4,28(36)2)23-37(27)46-43(52)40-39(29(3)50)38(26-49)54-48(40)24-33-17-12-18-35(41(33)53-7)31-15-11-16-32(21-31)42(51)45-34(25-47(5)6)20-19-30-13-9-8-10-14-30/h8-18,21,27-29,34,36-40,49-50H,19-20,22-26H2,1-7H3,(H,45,51)(H,46,52)/t27-,28?,29-,34-,36-,37-,38-,39-,40-,44+/m0/s1. The number of rotatable bonds is 15. The Kier molecular flexibility index (Phi) is 12.5. The SMILES string of the molecule is COc1c(CN2O[C@@H](CO)[C@H]([C@H](C)O)[C@H]2C(=O)N[C@H]2C[C@@]3(C)C[C@H](C3C)[C@@H]2C)cccc1-c1cccc(C(=O)N[C@@H](CCc2ccccc2)CN(C)C)c1. The van der Waals surface area contributed by atoms with E-state index in [9.17, 15) is 19.8 Å². The van der Waals surface area contributed by atoms with Crippen LogP contribution in [0.15, 0.2) is 72.8 Å². The molecule has 4 fully saturated rings. The molecule has 3 saturated carbocycles. The van der Waals surface area contributed by atoms with E-state index in [0.717, 1.165) is 42.5 Å². The Balaban J connectivity index is 1.21. The highest BCUT2D eigenvalue weighted by molar-refractivity contribution is 5.96. The lowest BCUT2D eigenvalue weighted by Crippen LogP contribution is -2.62. The normalized spacial score (nSPS) is 29.0. The van der Waals surface area contributed by atoms with Crippen LogP contribution in [-0.4, -0.2) is 96.7 Å². The van der Waals surface area contributed by atoms with E-state index in [4.69, 9.17) is 9.57 Å². The van der Waals surface area contributed by atoms with E-state index in [2.05, 4.69) is 48.4 Å². The van der Waals surface area contributed by atoms with Crippen LogP contribution in [0.1, 0.15) is 68.4 Å². The van der Waals surface area contributed by atoms with E-state index in [1.807, 2.05) is 74.8 Å². The summed E-state index contributed by atoms with van der Waals surface area (Å²) in [6.45, 7) is 9.10. The molecule has 54 heavy (non-hydrogen) atoms. The average molecular weight is 741 g/mol. The summed E-state index contributed by atoms with van der Waals surface area (Å²) in [6, 6.07) is 22.8. The van der Waals surface area contributed by atoms with Crippen LogP contribution in [0.2, 0.25) is 0 Å². The van der Waals surface area contributed by atoms with Crippen molar-refractivity contribution >= 4 is 11.8 Å². The van der Waals surface area contributed by atoms with Gasteiger partial charge in [-0.2, -0.15) is 5.06 Å². The summed E-state index contributed by atoms with van der Waals surface area (Å²) in [5.41, 5.74) is 4.39. The molecule has 7 rings (SSSR count). The van der Waals surface area contributed by atoms with E-state index in [0.29, 0.717) is 29.1 Å². The maximum atomic E-state index is 14.2. The molecule has 292 valence electrons. The molecule has 0 spiro atoms. The zero-order chi connectivity index (χ0) is 38.7. The van der Waals surface area contributed by atoms with Crippen molar-refractivity contribution in [3.05, 3.63) is 89.5 Å². The molecule has 1 saturated heterocycles. The van der Waals surface area contributed by atoms with Crippen molar-refractivity contribution < 1.29 is 29.4 Å². The van der Waals surface area contributed by atoms with E-state index >= 15 is 0 Å². The number of aryl methyl sites for hydroxylation is 1. The third-order valence-corrected chi connectivity index (χ3v) is 12.8. The largest absolute Gasteiger partial charge is 0.496 e. The molecule has 3 aromatic rings. The fourth-order valence-electron chi connectivity index (χ4n) is 9.56. The summed E-state index contributed by atoms with van der Waals surface area (Å²) in [5, 5.41) is 29.5. The number of hydroxylamine groups is 2. The Hall–Kier alpha value is -3.80. The quantitative estimate of drug-likeness (QED) is 0.165. The number of hydrogen-bond donors (Lipinski definition) is 4. The number of likely N-dealkylation sites (N-methyl/N-ethyl adjacent to an activating group) is 1. The molecule has 10 atom stereocenters. The first kappa shape index (κ1) is 39.9. The van der Waals surface area contributed by atoms with Gasteiger partial charge in [0.1, 0.15) is 17.9 Å². The molecule has 1 heterocycles. The van der Waals surface area contributed by atoms with Crippen molar-refractivity contribution in [1.29, 1.82) is 0 Å². The van der Waals surface area contributed by atoms with Crippen LogP contribution in [0, 0.1) is 29.1 Å². The highest BCUT2D eigenvalue weighted by Crippen LogP contribution is 2.61. The van der Waals surface area contributed by atoms with Gasteiger partial charge in [-0.3, -0.25) is 14.4 Å². The number of aliphatic hydroxyl groups excluding tert-OH is 2. The number of ether oxygens (including phenoxy) is 1. The molecular weight excluding hydrogens is 681 g/mol. The minimum atomic E-state index is -0.893. The van der Waals surface area contributed by atoms with Gasteiger partial charge in [0.05, 0.1) is 26.4 Å². The Morgan fingerprint density at radius 1 is 1.06 bits per heavy atom. The van der Waals surface area contributed by atoms with Gasteiger partial charge in [0, 0.05) is 41.2 Å². The summed E-state index contributed by atoms with van der Waals surface area (Å²) < 4.78 is 6.03. The van der Waals surface area contributed by atoms with Gasteiger partial charge < -0.3 is 30.5 Å². The number of para-hydroxylation sites is 1. The Bertz CT molecular complexity index is 1750. The Morgan fingerprint density at radius 2 is 1.80 bits per heavy atom. The van der Waals surface area contributed by atoms with Crippen molar-refractivity contribution in [2.24, 2.45) is 29.1 Å². The molecule has 10 heteroatoms. The number of carbonyl (C=O) groups is 2. The van der Waals surface area contributed by atoms with Crippen molar-refractivity contribution in [2.45, 2.75) is 90.3 Å². The number of nitrogens with one attached hydrogen (secondary N) is 2. The van der Waals surface area contributed by atoms with Crippen LogP contribution in [0.5, 0.6) is 5.75 Å². The minimum Gasteiger partial charge on any atom is -0.496 e. The van der Waals surface area contributed by atoms with Gasteiger partial charge >= 0.3 is 0 Å². The summed E-state index contributed by atoms with van der Waals surface area (Å²) in [7, 11) is 5.63. The molecule has 0 radical (unpaired) electrons. The number of nitrogens with zero attached hydrogens (tertiary/aromatic N) is 2. The molecule has 4 aliphatic rings. The summed E-state index contributed by atoms with van der Waals surface area (Å²) in [4.78, 5) is 36.3. The smallest absolute Gasteiger partial charge is 0.251 e. The van der Waals surface area contributed by atoms with E-state index < -0.39 is 24.2 Å². The van der Waals surface area contributed by atoms with Crippen LogP contribution in [0.25, 0.3) is 11.1 Å². The number of fused-ring (bicyclic) bond motifs is 2. The van der Waals surface area contributed by atoms with Gasteiger partial charge in [-0.05, 0) is 93.1 Å². The van der Waals surface area contributed by atoms with E-state index in [1.54, 1.807) is 19.1 Å². The van der Waals surface area contributed by atoms with Gasteiger partial charge in [-0.25, -0.2) is 0 Å². The van der Waals surface area contributed by atoms with Crippen LogP contribution in [0.3, 0.4) is 0 Å². The monoisotopic (exact) mass is 740 g/mol. The average Bonchev–Trinajstić information content (AvgIpc) is 3.53. The van der Waals surface area contributed by atoms with Crippen molar-refractivity contribution in [1.82, 2.24) is 20.6 Å². The molecule has 3 aromatic carbocycles. The van der Waals surface area contributed by atoms with Crippen LogP contribution in [0.4, 0.5) is 0 Å². The lowest BCUT2D eigenvalue weighted by atomic mass is 9.44. The first-order chi connectivity index (χ1) is 25.8. The van der Waals surface area contributed by atoms with E-state index in [-0.39, 0.29) is 42.5 Å². The number of benzene rings is 3. The van der Waals surface area contributed by atoms with Gasteiger partial charge in [-0.15, -0.1) is 0 Å². The predicted octanol–water partition coefficient (Wildman–Crippen LogP) is 5.32. The van der Waals surface area contributed by atoms with Crippen LogP contribution < -0.4 is 15.4 Å². The van der Waals surface area contributed by atoms with Gasteiger partial charge in [0.25, 0.3) is 5.91 Å². The number of carbonyl (C=O) groups excluding carboxylic acids is 2. The molecule has 2 bridgehead atoms. The Labute approximate surface area is 321 Å². The summed E-state index contributed by atoms with van der Waals surface area (Å²) >= 11 is 0. The van der Waals surface area contributed by atoms with Crippen molar-refractivity contribution in [2.75, 3.05) is 34.4 Å². The molecule has 10 nitrogen and oxygen atoms in total. The second-order valence-corrected chi connectivity index (χ2v) is 16.7. The minimum absolute atomic E-state index is 0.0338. The maximum absolute atomic E-state index is 14.2. The van der Waals surface area contributed by atoms with Gasteiger partial charge in [0.15, 0.2) is 0 Å². The summed E-state index contributed by atoms with van der Waals surface area (Å²) in [5.74, 6) is 1.19. The molecule has 0 aromatic heterocycles. The third kappa shape index (κ3) is 8.38. The molecule has 4 N–H and O–H groups in total. The number of hydrogen-bond acceptors (Lipinski definition) is 8. The van der Waals surface area contributed by atoms with Crippen LogP contribution >= 0.6 is 0 Å². The van der Waals surface area contributed by atoms with E-state index in [1.165, 1.54) is 12.0 Å². The molecule has 1 unspecified atom stereocenters. The topological polar surface area (TPSA) is 124 Å². The lowest BCUT2D eigenvalue weighted by Gasteiger charge is -2.62. The zero-order valence-electron chi connectivity index (χ0n) is 33.0. The first-order valence-electron chi connectivity index (χ1n) is 19.6. The highest BCUT2D eigenvalue weighted by atomic mass is 16.7. The molecule has 2 amide bonds. The van der Waals surface area contributed by atoms with Gasteiger partial charge in [0.2, 0.25) is 5.91 Å². The molecular formula is C44H60N4O6. The van der Waals surface area contributed by atoms with Gasteiger partial charge in [-0.1, -0.05) is 81.4 Å². The fraction of sp³-hybridized carbons (Fsp3) is 0.545. The number of methoxy groups -OCH3 is 1. The molecule has 1 aliphatic heterocycles. The lowest BCUT2D eigenvalue weighted by molar-refractivity contribution is -0.183. The first-order valence-corrected chi connectivity index (χ1v) is 19.6. The maximum Gasteiger partial charge on any atom is 0.251 e. The van der Waals surface area contributed by atoms with Crippen molar-refractivity contribution in [3.63, 3.8) is 0 Å². The molecule has 3 aliphatic carbocycles. The number of aliphatic hydroxyl groups is 2. The van der Waals surface area contributed by atoms with Crippen LogP contribution in [-0.2, 0) is 22.6 Å². The Morgan fingerprint density at radius 3 is 2.46 bits per heavy atom. The number of amides is 2.